The molecule has 4 heteroatoms. The van der Waals surface area contributed by atoms with Crippen molar-refractivity contribution in [1.29, 1.82) is 5.26 Å². The third kappa shape index (κ3) is 2.97. The third-order valence-corrected chi connectivity index (χ3v) is 2.92. The number of hydrogen-bond acceptors (Lipinski definition) is 3. The minimum atomic E-state index is -0.160. The molecule has 0 radical (unpaired) electrons. The van der Waals surface area contributed by atoms with Crippen LogP contribution in [0.15, 0.2) is 18.2 Å². The summed E-state index contributed by atoms with van der Waals surface area (Å²) in [5.41, 5.74) is 3.77. The Balaban J connectivity index is 1.87. The summed E-state index contributed by atoms with van der Waals surface area (Å²) in [5, 5.41) is 13.9. The Morgan fingerprint density at radius 3 is 3.00 bits per heavy atom. The zero-order chi connectivity index (χ0) is 12.1. The molecule has 0 fully saturated rings. The van der Waals surface area contributed by atoms with Gasteiger partial charge in [0.05, 0.1) is 12.6 Å². The summed E-state index contributed by atoms with van der Waals surface area (Å²) in [6.07, 6.45) is 3.52. The molecule has 1 aliphatic carbocycles. The van der Waals surface area contributed by atoms with Gasteiger partial charge in [0.2, 0.25) is 5.91 Å². The second-order valence-electron chi connectivity index (χ2n) is 4.13. The Labute approximate surface area is 101 Å². The number of nitriles is 1. The van der Waals surface area contributed by atoms with Gasteiger partial charge in [-0.05, 0) is 42.5 Å². The molecule has 88 valence electrons. The van der Waals surface area contributed by atoms with Crippen molar-refractivity contribution >= 4 is 11.6 Å². The molecule has 1 aliphatic rings. The number of carbonyl (C=O) groups is 1. The van der Waals surface area contributed by atoms with E-state index in [1.807, 2.05) is 12.1 Å². The molecule has 0 bridgehead atoms. The van der Waals surface area contributed by atoms with Gasteiger partial charge in [-0.15, -0.1) is 0 Å². The Morgan fingerprint density at radius 1 is 1.35 bits per heavy atom. The first kappa shape index (κ1) is 11.5. The summed E-state index contributed by atoms with van der Waals surface area (Å²) < 4.78 is 0. The van der Waals surface area contributed by atoms with Crippen molar-refractivity contribution in [3.63, 3.8) is 0 Å². The highest BCUT2D eigenvalue weighted by molar-refractivity contribution is 5.80. The molecule has 0 saturated heterocycles. The van der Waals surface area contributed by atoms with Gasteiger partial charge < -0.3 is 10.6 Å². The van der Waals surface area contributed by atoms with Crippen LogP contribution in [0.25, 0.3) is 0 Å². The van der Waals surface area contributed by atoms with Gasteiger partial charge >= 0.3 is 0 Å². The van der Waals surface area contributed by atoms with Gasteiger partial charge in [-0.1, -0.05) is 6.07 Å². The standard InChI is InChI=1S/C13H15N3O/c14-6-7-15-13(17)9-16-12-5-4-10-2-1-3-11(10)8-12/h4-5,8,16H,1-3,7,9H2,(H,15,17). The van der Waals surface area contributed by atoms with Gasteiger partial charge in [-0.2, -0.15) is 5.26 Å². The Morgan fingerprint density at radius 2 is 2.18 bits per heavy atom. The molecule has 1 aromatic carbocycles. The molecule has 0 atom stereocenters. The van der Waals surface area contributed by atoms with E-state index in [1.165, 1.54) is 17.5 Å². The number of nitrogens with one attached hydrogen (secondary N) is 2. The second-order valence-corrected chi connectivity index (χ2v) is 4.13. The predicted molar refractivity (Wildman–Crippen MR) is 65.6 cm³/mol. The normalized spacial score (nSPS) is 12.6. The quantitative estimate of drug-likeness (QED) is 0.763. The second kappa shape index (κ2) is 5.35. The number of nitrogens with zero attached hydrogens (tertiary/aromatic N) is 1. The fourth-order valence-corrected chi connectivity index (χ4v) is 2.06. The van der Waals surface area contributed by atoms with Gasteiger partial charge in [0.25, 0.3) is 0 Å². The highest BCUT2D eigenvalue weighted by atomic mass is 16.1. The molecule has 0 heterocycles. The average Bonchev–Trinajstić information content (AvgIpc) is 2.81. The number of fused-ring (bicyclic) bond motifs is 1. The van der Waals surface area contributed by atoms with E-state index in [2.05, 4.69) is 22.8 Å². The van der Waals surface area contributed by atoms with Crippen LogP contribution in [0.5, 0.6) is 0 Å². The summed E-state index contributed by atoms with van der Waals surface area (Å²) in [7, 11) is 0. The number of anilines is 1. The van der Waals surface area contributed by atoms with Crippen LogP contribution < -0.4 is 10.6 Å². The first-order valence-corrected chi connectivity index (χ1v) is 5.79. The maximum absolute atomic E-state index is 11.3. The Bertz CT molecular complexity index is 462. The van der Waals surface area contributed by atoms with E-state index in [9.17, 15) is 4.79 Å². The highest BCUT2D eigenvalue weighted by Crippen LogP contribution is 2.24. The summed E-state index contributed by atoms with van der Waals surface area (Å²) in [6, 6.07) is 8.11. The monoisotopic (exact) mass is 229 g/mol. The van der Waals surface area contributed by atoms with Crippen molar-refractivity contribution in [2.45, 2.75) is 19.3 Å². The van der Waals surface area contributed by atoms with Crippen LogP contribution in [0.4, 0.5) is 5.69 Å². The van der Waals surface area contributed by atoms with Crippen LogP contribution in [0, 0.1) is 11.3 Å². The summed E-state index contributed by atoms with van der Waals surface area (Å²) in [6.45, 7) is 0.269. The molecular formula is C13H15N3O. The summed E-state index contributed by atoms with van der Waals surface area (Å²) in [5.74, 6) is -0.160. The fourth-order valence-electron chi connectivity index (χ4n) is 2.06. The fraction of sp³-hybridized carbons (Fsp3) is 0.385. The Hall–Kier alpha value is -2.02. The lowest BCUT2D eigenvalue weighted by atomic mass is 10.1. The van der Waals surface area contributed by atoms with Crippen LogP contribution in [0.2, 0.25) is 0 Å². The van der Waals surface area contributed by atoms with E-state index in [4.69, 9.17) is 5.26 Å². The van der Waals surface area contributed by atoms with Gasteiger partial charge in [-0.25, -0.2) is 0 Å². The van der Waals surface area contributed by atoms with Crippen molar-refractivity contribution in [2.75, 3.05) is 18.4 Å². The largest absolute Gasteiger partial charge is 0.376 e. The molecule has 0 aromatic heterocycles. The van der Waals surface area contributed by atoms with Crippen LogP contribution >= 0.6 is 0 Å². The maximum Gasteiger partial charge on any atom is 0.240 e. The molecule has 4 nitrogen and oxygen atoms in total. The topological polar surface area (TPSA) is 64.9 Å². The predicted octanol–water partition coefficient (Wildman–Crippen LogP) is 1.23. The molecular weight excluding hydrogens is 214 g/mol. The zero-order valence-corrected chi connectivity index (χ0v) is 9.62. The number of benzene rings is 1. The van der Waals surface area contributed by atoms with Crippen molar-refractivity contribution in [3.05, 3.63) is 29.3 Å². The minimum Gasteiger partial charge on any atom is -0.376 e. The molecule has 2 N–H and O–H groups in total. The third-order valence-electron chi connectivity index (χ3n) is 2.92. The van der Waals surface area contributed by atoms with Crippen LogP contribution in [0.1, 0.15) is 17.5 Å². The highest BCUT2D eigenvalue weighted by Gasteiger charge is 2.10. The number of amides is 1. The van der Waals surface area contributed by atoms with E-state index >= 15 is 0 Å². The van der Waals surface area contributed by atoms with E-state index < -0.39 is 0 Å². The van der Waals surface area contributed by atoms with Gasteiger partial charge in [-0.3, -0.25) is 4.79 Å². The summed E-state index contributed by atoms with van der Waals surface area (Å²) >= 11 is 0. The molecule has 1 amide bonds. The molecule has 1 aromatic rings. The molecule has 0 saturated carbocycles. The van der Waals surface area contributed by atoms with Crippen molar-refractivity contribution in [2.24, 2.45) is 0 Å². The first-order chi connectivity index (χ1) is 8.29. The average molecular weight is 229 g/mol. The maximum atomic E-state index is 11.3. The number of carbonyl (C=O) groups excluding carboxylic acids is 1. The summed E-state index contributed by atoms with van der Waals surface area (Å²) in [4.78, 5) is 11.3. The number of rotatable bonds is 4. The first-order valence-electron chi connectivity index (χ1n) is 5.79. The SMILES string of the molecule is N#CCNC(=O)CNc1ccc2c(c1)CCC2. The van der Waals surface area contributed by atoms with E-state index in [0.717, 1.165) is 18.5 Å². The smallest absolute Gasteiger partial charge is 0.240 e. The lowest BCUT2D eigenvalue weighted by molar-refractivity contribution is -0.119. The van der Waals surface area contributed by atoms with Crippen LogP contribution in [0.3, 0.4) is 0 Å². The zero-order valence-electron chi connectivity index (χ0n) is 9.62. The van der Waals surface area contributed by atoms with E-state index in [-0.39, 0.29) is 19.0 Å². The molecule has 17 heavy (non-hydrogen) atoms. The lowest BCUT2D eigenvalue weighted by Crippen LogP contribution is -2.29. The minimum absolute atomic E-state index is 0.0602. The van der Waals surface area contributed by atoms with E-state index in [1.54, 1.807) is 0 Å². The van der Waals surface area contributed by atoms with Gasteiger partial charge in [0.15, 0.2) is 0 Å². The lowest BCUT2D eigenvalue weighted by Gasteiger charge is -2.07. The van der Waals surface area contributed by atoms with Crippen molar-refractivity contribution in [1.82, 2.24) is 5.32 Å². The van der Waals surface area contributed by atoms with Crippen LogP contribution in [-0.4, -0.2) is 19.0 Å². The van der Waals surface area contributed by atoms with Crippen molar-refractivity contribution in [3.8, 4) is 6.07 Å². The molecule has 2 rings (SSSR count). The van der Waals surface area contributed by atoms with E-state index in [0.29, 0.717) is 0 Å². The number of hydrogen-bond donors (Lipinski definition) is 2. The molecule has 0 aliphatic heterocycles. The molecule has 0 unspecified atom stereocenters. The van der Waals surface area contributed by atoms with Crippen LogP contribution in [-0.2, 0) is 17.6 Å². The Kier molecular flexibility index (Phi) is 3.61. The van der Waals surface area contributed by atoms with Gasteiger partial charge in [0, 0.05) is 5.69 Å². The van der Waals surface area contributed by atoms with Crippen molar-refractivity contribution < 1.29 is 4.79 Å². The van der Waals surface area contributed by atoms with Gasteiger partial charge in [0.1, 0.15) is 6.54 Å². The molecule has 0 spiro atoms. The number of aryl methyl sites for hydroxylation is 2.